The van der Waals surface area contributed by atoms with E-state index in [9.17, 15) is 4.79 Å². The Hall–Kier alpha value is -2.11. The van der Waals surface area contributed by atoms with Gasteiger partial charge >= 0.3 is 0 Å². The smallest absolute Gasteiger partial charge is 0.258 e. The monoisotopic (exact) mass is 368 g/mol. The molecule has 0 aliphatic carbocycles. The number of hydrogen-bond donors (Lipinski definition) is 0. The zero-order chi connectivity index (χ0) is 17.6. The molecule has 128 valence electrons. The van der Waals surface area contributed by atoms with Crippen molar-refractivity contribution in [2.45, 2.75) is 19.2 Å². The zero-order valence-corrected chi connectivity index (χ0v) is 15.8. The molecule has 3 rings (SSSR count). The van der Waals surface area contributed by atoms with Crippen molar-refractivity contribution in [3.05, 3.63) is 77.1 Å². The van der Waals surface area contributed by atoms with Gasteiger partial charge in [0.25, 0.3) is 5.91 Å². The Morgan fingerprint density at radius 1 is 1.28 bits per heavy atom. The van der Waals surface area contributed by atoms with Crippen LogP contribution < -0.4 is 4.80 Å². The third-order valence-corrected chi connectivity index (χ3v) is 5.74. The maximum atomic E-state index is 12.3. The first-order chi connectivity index (χ1) is 12.2. The lowest BCUT2D eigenvalue weighted by molar-refractivity contribution is -0.115. The molecule has 2 aromatic carbocycles. The van der Waals surface area contributed by atoms with Crippen molar-refractivity contribution in [1.29, 1.82) is 0 Å². The Morgan fingerprint density at radius 3 is 2.84 bits per heavy atom. The molecule has 3 aromatic rings. The van der Waals surface area contributed by atoms with E-state index in [1.807, 2.05) is 28.8 Å². The number of aryl methyl sites for hydroxylation is 1. The Kier molecular flexibility index (Phi) is 5.89. The number of benzene rings is 2. The number of amides is 1. The molecule has 0 bridgehead atoms. The van der Waals surface area contributed by atoms with E-state index in [4.69, 9.17) is 0 Å². The first-order valence-electron chi connectivity index (χ1n) is 8.07. The first-order valence-corrected chi connectivity index (χ1v) is 10.0. The van der Waals surface area contributed by atoms with Gasteiger partial charge in [-0.1, -0.05) is 53.8 Å². The van der Waals surface area contributed by atoms with Crippen LogP contribution in [0.2, 0.25) is 0 Å². The normalized spacial score (nSPS) is 11.8. The lowest BCUT2D eigenvalue weighted by Gasteiger charge is -2.01. The summed E-state index contributed by atoms with van der Waals surface area (Å²) < 4.78 is 3.19. The van der Waals surface area contributed by atoms with Gasteiger partial charge < -0.3 is 4.57 Å². The van der Waals surface area contributed by atoms with E-state index in [-0.39, 0.29) is 5.91 Å². The summed E-state index contributed by atoms with van der Waals surface area (Å²) in [5, 5.41) is 0. The van der Waals surface area contributed by atoms with Gasteiger partial charge in [0.1, 0.15) is 0 Å². The van der Waals surface area contributed by atoms with E-state index in [2.05, 4.69) is 48.8 Å². The number of carbonyl (C=O) groups is 1. The minimum absolute atomic E-state index is 0.0954. The number of thioether (sulfide) groups is 1. The summed E-state index contributed by atoms with van der Waals surface area (Å²) in [4.78, 5) is 17.4. The van der Waals surface area contributed by atoms with Crippen molar-refractivity contribution in [1.82, 2.24) is 4.57 Å². The Bertz CT molecular complexity index is 955. The van der Waals surface area contributed by atoms with Crippen LogP contribution in [-0.2, 0) is 17.1 Å². The van der Waals surface area contributed by atoms with Crippen LogP contribution in [0.4, 0.5) is 0 Å². The molecule has 0 aliphatic heterocycles. The molecule has 1 heterocycles. The number of nitrogens with zero attached hydrogens (tertiary/aromatic N) is 2. The molecule has 0 fully saturated rings. The van der Waals surface area contributed by atoms with Gasteiger partial charge in [0.15, 0.2) is 4.80 Å². The van der Waals surface area contributed by atoms with E-state index in [0.717, 1.165) is 20.8 Å². The number of fused-ring (bicyclic) bond motifs is 1. The maximum Gasteiger partial charge on any atom is 0.258 e. The van der Waals surface area contributed by atoms with Gasteiger partial charge in [-0.05, 0) is 30.2 Å². The molecular formula is C20H20N2OS2. The SMILES string of the molecule is C=CCn1c(=NC(=O)CSCc2ccccc2)sc2cc(C)ccc21. The highest BCUT2D eigenvalue weighted by Crippen LogP contribution is 2.19. The highest BCUT2D eigenvalue weighted by Gasteiger charge is 2.07. The number of hydrogen-bond acceptors (Lipinski definition) is 3. The average Bonchev–Trinajstić information content (AvgIpc) is 2.92. The van der Waals surface area contributed by atoms with Gasteiger partial charge in [-0.3, -0.25) is 4.79 Å². The second kappa shape index (κ2) is 8.32. The lowest BCUT2D eigenvalue weighted by atomic mass is 10.2. The van der Waals surface area contributed by atoms with Crippen LogP contribution in [0.5, 0.6) is 0 Å². The number of rotatable bonds is 6. The number of allylic oxidation sites excluding steroid dienone is 1. The fourth-order valence-electron chi connectivity index (χ4n) is 2.54. The summed E-state index contributed by atoms with van der Waals surface area (Å²) in [5.41, 5.74) is 3.52. The molecule has 25 heavy (non-hydrogen) atoms. The molecular weight excluding hydrogens is 348 g/mol. The Morgan fingerprint density at radius 2 is 2.08 bits per heavy atom. The van der Waals surface area contributed by atoms with Crippen LogP contribution in [0.1, 0.15) is 11.1 Å². The van der Waals surface area contributed by atoms with Gasteiger partial charge in [-0.25, -0.2) is 0 Å². The van der Waals surface area contributed by atoms with Crippen LogP contribution in [-0.4, -0.2) is 16.2 Å². The average molecular weight is 369 g/mol. The Labute approximate surface area is 155 Å². The van der Waals surface area contributed by atoms with E-state index in [1.165, 1.54) is 11.1 Å². The molecule has 5 heteroatoms. The van der Waals surface area contributed by atoms with E-state index in [0.29, 0.717) is 12.3 Å². The van der Waals surface area contributed by atoms with Gasteiger partial charge in [-0.2, -0.15) is 4.99 Å². The van der Waals surface area contributed by atoms with E-state index in [1.54, 1.807) is 23.1 Å². The van der Waals surface area contributed by atoms with Crippen molar-refractivity contribution in [2.24, 2.45) is 4.99 Å². The van der Waals surface area contributed by atoms with Crippen molar-refractivity contribution in [3.63, 3.8) is 0 Å². The third-order valence-electron chi connectivity index (χ3n) is 3.71. The number of aromatic nitrogens is 1. The van der Waals surface area contributed by atoms with Crippen LogP contribution in [0.3, 0.4) is 0 Å². The van der Waals surface area contributed by atoms with E-state index >= 15 is 0 Å². The predicted octanol–water partition coefficient (Wildman–Crippen LogP) is 4.56. The number of carbonyl (C=O) groups excluding carboxylic acids is 1. The fraction of sp³-hybridized carbons (Fsp3) is 0.200. The summed E-state index contributed by atoms with van der Waals surface area (Å²) in [6.45, 7) is 6.53. The second-order valence-corrected chi connectivity index (χ2v) is 7.73. The molecule has 0 radical (unpaired) electrons. The minimum Gasteiger partial charge on any atom is -0.313 e. The zero-order valence-electron chi connectivity index (χ0n) is 14.1. The van der Waals surface area contributed by atoms with Gasteiger partial charge in [0, 0.05) is 12.3 Å². The third kappa shape index (κ3) is 4.50. The molecule has 3 nitrogen and oxygen atoms in total. The summed E-state index contributed by atoms with van der Waals surface area (Å²) in [6, 6.07) is 16.5. The highest BCUT2D eigenvalue weighted by atomic mass is 32.2. The Balaban J connectivity index is 1.78. The van der Waals surface area contributed by atoms with Crippen LogP contribution >= 0.6 is 23.1 Å². The molecule has 0 unspecified atom stereocenters. The summed E-state index contributed by atoms with van der Waals surface area (Å²) in [6.07, 6.45) is 1.83. The van der Waals surface area contributed by atoms with Crippen molar-refractivity contribution < 1.29 is 4.79 Å². The van der Waals surface area contributed by atoms with Gasteiger partial charge in [0.2, 0.25) is 0 Å². The van der Waals surface area contributed by atoms with Crippen molar-refractivity contribution >= 4 is 39.2 Å². The maximum absolute atomic E-state index is 12.3. The van der Waals surface area contributed by atoms with Gasteiger partial charge in [-0.15, -0.1) is 18.3 Å². The molecule has 1 amide bonds. The summed E-state index contributed by atoms with van der Waals surface area (Å²) in [5.74, 6) is 1.11. The first kappa shape index (κ1) is 17.7. The topological polar surface area (TPSA) is 34.4 Å². The molecule has 0 N–H and O–H groups in total. The minimum atomic E-state index is -0.0954. The van der Waals surface area contributed by atoms with Crippen LogP contribution in [0, 0.1) is 6.92 Å². The van der Waals surface area contributed by atoms with Crippen molar-refractivity contribution in [2.75, 3.05) is 5.75 Å². The molecule has 0 saturated heterocycles. The summed E-state index contributed by atoms with van der Waals surface area (Å²) in [7, 11) is 0. The van der Waals surface area contributed by atoms with Crippen LogP contribution in [0.25, 0.3) is 10.2 Å². The molecule has 0 saturated carbocycles. The van der Waals surface area contributed by atoms with Gasteiger partial charge in [0.05, 0.1) is 16.0 Å². The lowest BCUT2D eigenvalue weighted by Crippen LogP contribution is -2.16. The molecule has 1 aromatic heterocycles. The highest BCUT2D eigenvalue weighted by molar-refractivity contribution is 7.99. The quantitative estimate of drug-likeness (QED) is 0.598. The predicted molar refractivity (Wildman–Crippen MR) is 108 cm³/mol. The van der Waals surface area contributed by atoms with Crippen molar-refractivity contribution in [3.8, 4) is 0 Å². The molecule has 0 spiro atoms. The number of thiazole rings is 1. The van der Waals surface area contributed by atoms with Crippen LogP contribution in [0.15, 0.2) is 66.2 Å². The molecule has 0 atom stereocenters. The summed E-state index contributed by atoms with van der Waals surface area (Å²) >= 11 is 3.15. The second-order valence-electron chi connectivity index (χ2n) is 5.74. The standard InChI is InChI=1S/C20H20N2OS2/c1-3-11-22-17-10-9-15(2)12-18(17)25-20(22)21-19(23)14-24-13-16-7-5-4-6-8-16/h3-10,12H,1,11,13-14H2,2H3. The van der Waals surface area contributed by atoms with E-state index < -0.39 is 0 Å². The molecule has 0 aliphatic rings. The largest absolute Gasteiger partial charge is 0.313 e. The fourth-order valence-corrected chi connectivity index (χ4v) is 4.46.